The number of rotatable bonds is 4. The first-order valence-electron chi connectivity index (χ1n) is 10.4. The van der Waals surface area contributed by atoms with Crippen molar-refractivity contribution in [2.75, 3.05) is 38.5 Å². The largest absolute Gasteiger partial charge is 0.383 e. The molecule has 1 spiro atoms. The van der Waals surface area contributed by atoms with Gasteiger partial charge in [0.25, 0.3) is 0 Å². The molecule has 1 aromatic carbocycles. The molecule has 2 aromatic rings. The van der Waals surface area contributed by atoms with E-state index >= 15 is 0 Å². The van der Waals surface area contributed by atoms with Crippen LogP contribution < -0.4 is 5.73 Å². The molecule has 1 unspecified atom stereocenters. The van der Waals surface area contributed by atoms with Crippen LogP contribution in [0.3, 0.4) is 0 Å². The van der Waals surface area contributed by atoms with E-state index < -0.39 is 0 Å². The maximum absolute atomic E-state index is 6.05. The van der Waals surface area contributed by atoms with E-state index in [1.165, 1.54) is 37.9 Å². The molecule has 27 heavy (non-hydrogen) atoms. The van der Waals surface area contributed by atoms with Crippen LogP contribution in [0.15, 0.2) is 48.7 Å². The third-order valence-corrected chi connectivity index (χ3v) is 6.67. The lowest BCUT2D eigenvalue weighted by molar-refractivity contribution is 0.0138. The zero-order chi connectivity index (χ0) is 18.7. The Hall–Kier alpha value is -1.91. The quantitative estimate of drug-likeness (QED) is 0.897. The summed E-state index contributed by atoms with van der Waals surface area (Å²) in [4.78, 5) is 9.47. The first-order chi connectivity index (χ1) is 13.2. The molecule has 1 atom stereocenters. The van der Waals surface area contributed by atoms with Crippen molar-refractivity contribution in [1.82, 2.24) is 14.8 Å². The van der Waals surface area contributed by atoms with Gasteiger partial charge in [0.2, 0.25) is 0 Å². The van der Waals surface area contributed by atoms with E-state index in [1.54, 1.807) is 6.20 Å². The summed E-state index contributed by atoms with van der Waals surface area (Å²) in [6, 6.07) is 15.2. The van der Waals surface area contributed by atoms with Gasteiger partial charge in [-0.15, -0.1) is 0 Å². The van der Waals surface area contributed by atoms with Gasteiger partial charge >= 0.3 is 0 Å². The number of piperidine rings is 2. The number of benzene rings is 1. The Labute approximate surface area is 163 Å². The summed E-state index contributed by atoms with van der Waals surface area (Å²) in [5.41, 5.74) is 9.19. The molecule has 144 valence electrons. The van der Waals surface area contributed by atoms with Gasteiger partial charge in [0.15, 0.2) is 0 Å². The Bertz CT molecular complexity index is 737. The van der Waals surface area contributed by atoms with E-state index in [4.69, 9.17) is 5.73 Å². The highest BCUT2D eigenvalue weighted by Crippen LogP contribution is 2.45. The van der Waals surface area contributed by atoms with Crippen LogP contribution in [-0.2, 0) is 6.54 Å². The summed E-state index contributed by atoms with van der Waals surface area (Å²) in [5.74, 6) is 1.34. The molecule has 4 nitrogen and oxygen atoms in total. The molecule has 4 heteroatoms. The summed E-state index contributed by atoms with van der Waals surface area (Å²) in [5, 5.41) is 0. The maximum Gasteiger partial charge on any atom is 0.127 e. The first-order valence-corrected chi connectivity index (χ1v) is 10.4. The number of pyridine rings is 1. The lowest BCUT2D eigenvalue weighted by Gasteiger charge is -2.50. The van der Waals surface area contributed by atoms with Crippen LogP contribution in [0.25, 0.3) is 0 Å². The van der Waals surface area contributed by atoms with Crippen LogP contribution >= 0.6 is 0 Å². The lowest BCUT2D eigenvalue weighted by Crippen LogP contribution is -2.51. The predicted molar refractivity (Wildman–Crippen MR) is 112 cm³/mol. The molecular formula is C23H32N4. The summed E-state index contributed by atoms with van der Waals surface area (Å²) in [6.45, 7) is 9.17. The van der Waals surface area contributed by atoms with Gasteiger partial charge in [0, 0.05) is 31.4 Å². The molecule has 2 N–H and O–H groups in total. The molecule has 0 bridgehead atoms. The van der Waals surface area contributed by atoms with Crippen LogP contribution in [0.1, 0.15) is 43.2 Å². The van der Waals surface area contributed by atoms with Gasteiger partial charge in [0.1, 0.15) is 5.82 Å². The lowest BCUT2D eigenvalue weighted by atomic mass is 9.68. The number of anilines is 1. The molecule has 0 saturated carbocycles. The Morgan fingerprint density at radius 2 is 1.85 bits per heavy atom. The van der Waals surface area contributed by atoms with Crippen LogP contribution in [0.2, 0.25) is 0 Å². The van der Waals surface area contributed by atoms with E-state index in [0.29, 0.717) is 17.2 Å². The number of hydrogen-bond acceptors (Lipinski definition) is 4. The molecule has 0 radical (unpaired) electrons. The van der Waals surface area contributed by atoms with Crippen LogP contribution in [0, 0.1) is 5.41 Å². The summed E-state index contributed by atoms with van der Waals surface area (Å²) in [6.07, 6.45) is 5.67. The van der Waals surface area contributed by atoms with Crippen molar-refractivity contribution in [3.63, 3.8) is 0 Å². The van der Waals surface area contributed by atoms with Gasteiger partial charge in [-0.05, 0) is 61.9 Å². The average molecular weight is 365 g/mol. The van der Waals surface area contributed by atoms with Crippen molar-refractivity contribution in [2.24, 2.45) is 5.41 Å². The van der Waals surface area contributed by atoms with Gasteiger partial charge < -0.3 is 10.6 Å². The zero-order valence-electron chi connectivity index (χ0n) is 16.5. The summed E-state index contributed by atoms with van der Waals surface area (Å²) < 4.78 is 0. The average Bonchev–Trinajstić information content (AvgIpc) is 2.72. The molecule has 2 saturated heterocycles. The SMILES string of the molecule is CCN1CC(c2ccccc2)CC2(CCN(Cc3cccnc3N)CC2)C1. The first kappa shape index (κ1) is 18.5. The van der Waals surface area contributed by atoms with Crippen molar-refractivity contribution in [3.05, 3.63) is 59.8 Å². The second kappa shape index (κ2) is 7.99. The zero-order valence-corrected chi connectivity index (χ0v) is 16.5. The van der Waals surface area contributed by atoms with E-state index in [0.717, 1.165) is 31.7 Å². The number of aromatic nitrogens is 1. The third kappa shape index (κ3) is 4.17. The molecule has 2 aliphatic heterocycles. The van der Waals surface area contributed by atoms with E-state index in [9.17, 15) is 0 Å². The minimum atomic E-state index is 0.464. The fraction of sp³-hybridized carbons (Fsp3) is 0.522. The summed E-state index contributed by atoms with van der Waals surface area (Å²) in [7, 11) is 0. The monoisotopic (exact) mass is 364 g/mol. The maximum atomic E-state index is 6.05. The molecule has 2 fully saturated rings. The number of nitrogens with zero attached hydrogens (tertiary/aromatic N) is 3. The van der Waals surface area contributed by atoms with Gasteiger partial charge in [0.05, 0.1) is 0 Å². The Balaban J connectivity index is 1.43. The minimum Gasteiger partial charge on any atom is -0.383 e. The predicted octanol–water partition coefficient (Wildman–Crippen LogP) is 3.76. The number of nitrogen functional groups attached to an aromatic ring is 1. The molecular weight excluding hydrogens is 332 g/mol. The minimum absolute atomic E-state index is 0.464. The Morgan fingerprint density at radius 3 is 2.56 bits per heavy atom. The second-order valence-corrected chi connectivity index (χ2v) is 8.46. The fourth-order valence-corrected chi connectivity index (χ4v) is 5.06. The van der Waals surface area contributed by atoms with Crippen LogP contribution in [-0.4, -0.2) is 47.5 Å². The van der Waals surface area contributed by atoms with Crippen molar-refractivity contribution in [3.8, 4) is 0 Å². The Kier molecular flexibility index (Phi) is 5.46. The molecule has 1 aromatic heterocycles. The van der Waals surface area contributed by atoms with Crippen LogP contribution in [0.5, 0.6) is 0 Å². The van der Waals surface area contributed by atoms with E-state index in [-0.39, 0.29) is 0 Å². The Morgan fingerprint density at radius 1 is 1.07 bits per heavy atom. The topological polar surface area (TPSA) is 45.4 Å². The third-order valence-electron chi connectivity index (χ3n) is 6.67. The highest BCUT2D eigenvalue weighted by atomic mass is 15.2. The number of hydrogen-bond donors (Lipinski definition) is 1. The molecule has 0 aliphatic carbocycles. The number of likely N-dealkylation sites (tertiary alicyclic amines) is 2. The fourth-order valence-electron chi connectivity index (χ4n) is 5.06. The van der Waals surface area contributed by atoms with E-state index in [2.05, 4.69) is 58.1 Å². The van der Waals surface area contributed by atoms with Crippen molar-refractivity contribution in [2.45, 2.75) is 38.6 Å². The van der Waals surface area contributed by atoms with Gasteiger partial charge in [-0.2, -0.15) is 0 Å². The van der Waals surface area contributed by atoms with Crippen molar-refractivity contribution in [1.29, 1.82) is 0 Å². The van der Waals surface area contributed by atoms with E-state index in [1.807, 2.05) is 6.07 Å². The normalized spacial score (nSPS) is 23.5. The van der Waals surface area contributed by atoms with Crippen molar-refractivity contribution >= 4 is 5.82 Å². The van der Waals surface area contributed by atoms with Crippen LogP contribution in [0.4, 0.5) is 5.82 Å². The number of nitrogens with two attached hydrogens (primary N) is 1. The molecule has 4 rings (SSSR count). The smallest absolute Gasteiger partial charge is 0.127 e. The summed E-state index contributed by atoms with van der Waals surface area (Å²) >= 11 is 0. The number of likely N-dealkylation sites (N-methyl/N-ethyl adjacent to an activating group) is 1. The molecule has 3 heterocycles. The molecule has 2 aliphatic rings. The highest BCUT2D eigenvalue weighted by molar-refractivity contribution is 5.38. The highest BCUT2D eigenvalue weighted by Gasteiger charge is 2.41. The standard InChI is InChI=1S/C23H32N4/c1-2-26-17-21(19-7-4-3-5-8-19)15-23(18-26)10-13-27(14-11-23)16-20-9-6-12-25-22(20)24/h3-9,12,21H,2,10-11,13-18H2,1H3,(H2,24,25). The van der Waals surface area contributed by atoms with Gasteiger partial charge in [-0.25, -0.2) is 4.98 Å². The second-order valence-electron chi connectivity index (χ2n) is 8.46. The van der Waals surface area contributed by atoms with Crippen molar-refractivity contribution < 1.29 is 0 Å². The van der Waals surface area contributed by atoms with Gasteiger partial charge in [-0.3, -0.25) is 4.90 Å². The molecule has 0 amide bonds. The van der Waals surface area contributed by atoms with Gasteiger partial charge in [-0.1, -0.05) is 43.3 Å².